The van der Waals surface area contributed by atoms with E-state index in [4.69, 9.17) is 13.9 Å². The number of benzene rings is 1. The predicted molar refractivity (Wildman–Crippen MR) is 91.9 cm³/mol. The lowest BCUT2D eigenvalue weighted by Gasteiger charge is -2.11. The van der Waals surface area contributed by atoms with Crippen LogP contribution in [0.4, 0.5) is 0 Å². The van der Waals surface area contributed by atoms with Gasteiger partial charge in [-0.3, -0.25) is 4.79 Å². The quantitative estimate of drug-likeness (QED) is 0.698. The fourth-order valence-corrected chi connectivity index (χ4v) is 2.70. The van der Waals surface area contributed by atoms with Crippen molar-refractivity contribution in [2.24, 2.45) is 0 Å². The van der Waals surface area contributed by atoms with Crippen molar-refractivity contribution in [1.29, 1.82) is 0 Å². The Labute approximate surface area is 148 Å². The molecule has 3 rings (SSSR count). The summed E-state index contributed by atoms with van der Waals surface area (Å²) in [5.41, 5.74) is 3.76. The number of aryl methyl sites for hydroxylation is 1. The Kier molecular flexibility index (Phi) is 5.30. The molecule has 1 N–H and O–H groups in total. The topological polar surface area (TPSA) is 86.5 Å². The van der Waals surface area contributed by atoms with Gasteiger partial charge in [0.1, 0.15) is 18.1 Å². The first-order valence-corrected chi connectivity index (χ1v) is 8.46. The molecule has 0 aliphatic carbocycles. The van der Waals surface area contributed by atoms with Gasteiger partial charge in [-0.05, 0) is 25.1 Å². The molecule has 0 spiro atoms. The van der Waals surface area contributed by atoms with Crippen LogP contribution < -0.4 is 14.8 Å². The first-order valence-electron chi connectivity index (χ1n) is 7.52. The Morgan fingerprint density at radius 2 is 2.20 bits per heavy atom. The molecule has 0 aliphatic rings. The Balaban J connectivity index is 1.65. The molecule has 0 saturated heterocycles. The summed E-state index contributed by atoms with van der Waals surface area (Å²) >= 11 is 1.51. The number of aromatic nitrogens is 2. The average molecular weight is 359 g/mol. The third-order valence-electron chi connectivity index (χ3n) is 3.55. The van der Waals surface area contributed by atoms with Crippen LogP contribution in [0.2, 0.25) is 0 Å². The molecule has 0 aliphatic heterocycles. The van der Waals surface area contributed by atoms with Gasteiger partial charge >= 0.3 is 0 Å². The molecular formula is C17H17N3O4S. The number of oxazole rings is 1. The third kappa shape index (κ3) is 4.16. The maximum absolute atomic E-state index is 12.3. The van der Waals surface area contributed by atoms with E-state index in [0.717, 1.165) is 5.69 Å². The summed E-state index contributed by atoms with van der Waals surface area (Å²) in [6.45, 7) is 2.44. The fourth-order valence-electron chi connectivity index (χ4n) is 2.15. The molecule has 0 bridgehead atoms. The number of thiazole rings is 1. The van der Waals surface area contributed by atoms with Crippen molar-refractivity contribution in [2.45, 2.75) is 20.1 Å². The molecule has 3 aromatic rings. The summed E-state index contributed by atoms with van der Waals surface area (Å²) in [4.78, 5) is 20.5. The Bertz CT molecular complexity index is 845. The largest absolute Gasteiger partial charge is 0.493 e. The van der Waals surface area contributed by atoms with E-state index in [1.165, 1.54) is 24.8 Å². The molecule has 8 heteroatoms. The van der Waals surface area contributed by atoms with Crippen LogP contribution >= 0.6 is 11.3 Å². The zero-order valence-electron chi connectivity index (χ0n) is 13.8. The van der Waals surface area contributed by atoms with Crippen LogP contribution in [-0.2, 0) is 13.2 Å². The maximum atomic E-state index is 12.3. The number of nitrogens with one attached hydrogen (secondary N) is 1. The summed E-state index contributed by atoms with van der Waals surface area (Å²) < 4.78 is 16.1. The van der Waals surface area contributed by atoms with Gasteiger partial charge in [0.15, 0.2) is 17.9 Å². The molecule has 0 saturated carbocycles. The molecule has 1 amide bonds. The summed E-state index contributed by atoms with van der Waals surface area (Å²) in [5, 5.41) is 4.72. The van der Waals surface area contributed by atoms with Crippen molar-refractivity contribution in [3.63, 3.8) is 0 Å². The molecular weight excluding hydrogens is 342 g/mol. The molecule has 130 valence electrons. The van der Waals surface area contributed by atoms with Gasteiger partial charge in [0.05, 0.1) is 24.9 Å². The fraction of sp³-hybridized carbons (Fsp3) is 0.235. The smallest absolute Gasteiger partial charge is 0.251 e. The minimum atomic E-state index is -0.230. The van der Waals surface area contributed by atoms with Crippen LogP contribution in [-0.4, -0.2) is 23.0 Å². The van der Waals surface area contributed by atoms with Gasteiger partial charge in [-0.1, -0.05) is 0 Å². The molecule has 2 aromatic heterocycles. The van der Waals surface area contributed by atoms with Gasteiger partial charge in [0.25, 0.3) is 5.91 Å². The maximum Gasteiger partial charge on any atom is 0.251 e. The van der Waals surface area contributed by atoms with Gasteiger partial charge in [0, 0.05) is 10.9 Å². The van der Waals surface area contributed by atoms with Crippen molar-refractivity contribution < 1.29 is 18.7 Å². The Hall–Kier alpha value is -2.87. The molecule has 1 aromatic carbocycles. The van der Waals surface area contributed by atoms with Crippen LogP contribution in [0.3, 0.4) is 0 Å². The highest BCUT2D eigenvalue weighted by molar-refractivity contribution is 7.07. The van der Waals surface area contributed by atoms with Gasteiger partial charge < -0.3 is 19.2 Å². The van der Waals surface area contributed by atoms with Gasteiger partial charge in [-0.15, -0.1) is 11.3 Å². The van der Waals surface area contributed by atoms with E-state index >= 15 is 0 Å². The van der Waals surface area contributed by atoms with Crippen molar-refractivity contribution in [1.82, 2.24) is 15.3 Å². The zero-order valence-corrected chi connectivity index (χ0v) is 14.6. The van der Waals surface area contributed by atoms with Gasteiger partial charge in [0.2, 0.25) is 0 Å². The molecule has 7 nitrogen and oxygen atoms in total. The zero-order chi connectivity index (χ0) is 17.6. The number of carbonyl (C=O) groups excluding carboxylic acids is 1. The van der Waals surface area contributed by atoms with Crippen LogP contribution in [0.25, 0.3) is 0 Å². The van der Waals surface area contributed by atoms with Crippen molar-refractivity contribution in [3.05, 3.63) is 58.2 Å². The van der Waals surface area contributed by atoms with Crippen molar-refractivity contribution in [2.75, 3.05) is 7.11 Å². The van der Waals surface area contributed by atoms with Crippen molar-refractivity contribution in [3.8, 4) is 11.5 Å². The van der Waals surface area contributed by atoms with E-state index in [9.17, 15) is 4.79 Å². The molecule has 0 fully saturated rings. The molecule has 0 radical (unpaired) electrons. The summed E-state index contributed by atoms with van der Waals surface area (Å²) in [5.74, 6) is 1.50. The molecule has 0 atom stereocenters. The summed E-state index contributed by atoms with van der Waals surface area (Å²) in [7, 11) is 1.53. The summed E-state index contributed by atoms with van der Waals surface area (Å²) in [6, 6.07) is 5.03. The second-order valence-corrected chi connectivity index (χ2v) is 5.89. The number of rotatable bonds is 7. The number of hydrogen-bond donors (Lipinski definition) is 1. The van der Waals surface area contributed by atoms with E-state index < -0.39 is 0 Å². The van der Waals surface area contributed by atoms with E-state index in [-0.39, 0.29) is 5.91 Å². The standard InChI is InChI=1S/C17H17N3O4S/c1-11-14(19-9-24-11)6-18-17(21)12-3-4-15(16(5-12)22-2)23-7-13-8-25-10-20-13/h3-5,8-10H,6-7H2,1-2H3,(H,18,21). The Morgan fingerprint density at radius 1 is 1.32 bits per heavy atom. The highest BCUT2D eigenvalue weighted by atomic mass is 32.1. The minimum Gasteiger partial charge on any atom is -0.493 e. The van der Waals surface area contributed by atoms with E-state index in [1.54, 1.807) is 30.6 Å². The monoisotopic (exact) mass is 359 g/mol. The lowest BCUT2D eigenvalue weighted by atomic mass is 10.2. The Morgan fingerprint density at radius 3 is 2.88 bits per heavy atom. The van der Waals surface area contributed by atoms with Gasteiger partial charge in [-0.2, -0.15) is 0 Å². The van der Waals surface area contributed by atoms with E-state index in [1.807, 2.05) is 5.38 Å². The summed E-state index contributed by atoms with van der Waals surface area (Å²) in [6.07, 6.45) is 1.36. The first kappa shape index (κ1) is 17.0. The molecule has 0 unspecified atom stereocenters. The lowest BCUT2D eigenvalue weighted by molar-refractivity contribution is 0.0950. The minimum absolute atomic E-state index is 0.230. The average Bonchev–Trinajstić information content (AvgIpc) is 3.29. The number of amides is 1. The molecule has 2 heterocycles. The van der Waals surface area contributed by atoms with E-state index in [2.05, 4.69) is 15.3 Å². The highest BCUT2D eigenvalue weighted by Gasteiger charge is 2.13. The number of carbonyl (C=O) groups is 1. The van der Waals surface area contributed by atoms with Crippen LogP contribution in [0.5, 0.6) is 11.5 Å². The normalized spacial score (nSPS) is 10.5. The van der Waals surface area contributed by atoms with E-state index in [0.29, 0.717) is 41.7 Å². The SMILES string of the molecule is COc1cc(C(=O)NCc2ncoc2C)ccc1OCc1cscn1. The van der Waals surface area contributed by atoms with Crippen LogP contribution in [0.15, 0.2) is 39.9 Å². The number of ether oxygens (including phenoxy) is 2. The number of methoxy groups -OCH3 is 1. The third-order valence-corrected chi connectivity index (χ3v) is 4.18. The number of hydrogen-bond acceptors (Lipinski definition) is 7. The number of nitrogens with zero attached hydrogens (tertiary/aromatic N) is 2. The van der Waals surface area contributed by atoms with Crippen LogP contribution in [0, 0.1) is 6.92 Å². The molecule has 25 heavy (non-hydrogen) atoms. The second-order valence-electron chi connectivity index (χ2n) is 5.17. The van der Waals surface area contributed by atoms with Gasteiger partial charge in [-0.25, -0.2) is 9.97 Å². The lowest BCUT2D eigenvalue weighted by Crippen LogP contribution is -2.23. The first-order chi connectivity index (χ1) is 12.2. The highest BCUT2D eigenvalue weighted by Crippen LogP contribution is 2.28. The predicted octanol–water partition coefficient (Wildman–Crippen LogP) is 2.96. The van der Waals surface area contributed by atoms with Crippen LogP contribution in [0.1, 0.15) is 27.5 Å². The van der Waals surface area contributed by atoms with Crippen molar-refractivity contribution >= 4 is 17.2 Å². The second kappa shape index (κ2) is 7.80.